The van der Waals surface area contributed by atoms with E-state index in [1.54, 1.807) is 37.6 Å². The lowest BCUT2D eigenvalue weighted by Crippen LogP contribution is -2.19. The van der Waals surface area contributed by atoms with Crippen LogP contribution in [0.3, 0.4) is 0 Å². The van der Waals surface area contributed by atoms with Crippen molar-refractivity contribution in [2.75, 3.05) is 6.26 Å². The van der Waals surface area contributed by atoms with Gasteiger partial charge in [0, 0.05) is 29.6 Å². The van der Waals surface area contributed by atoms with E-state index in [2.05, 4.69) is 24.0 Å². The quantitative estimate of drug-likeness (QED) is 0.631. The van der Waals surface area contributed by atoms with E-state index in [0.29, 0.717) is 11.3 Å². The zero-order chi connectivity index (χ0) is 21.6. The molecule has 0 spiro atoms. The van der Waals surface area contributed by atoms with Crippen molar-refractivity contribution in [2.24, 2.45) is 9.78 Å². The minimum atomic E-state index is -4.73. The highest BCUT2D eigenvalue weighted by Gasteiger charge is 2.38. The lowest BCUT2D eigenvalue weighted by Gasteiger charge is -2.13. The standard InChI is InChI=1S/C17H18F3N5O3S/c1-16(2,3)14(26)24-29(4,27)9-11-8-25-6-5-10(7-12(25)21-11)13-22-15(28-23-13)17(18,19)20/h5-8H,9H2,1-4H3. The molecule has 1 unspecified atom stereocenters. The Labute approximate surface area is 164 Å². The largest absolute Gasteiger partial charge is 0.471 e. The van der Waals surface area contributed by atoms with Crippen LogP contribution in [0.25, 0.3) is 17.0 Å². The maximum Gasteiger partial charge on any atom is 0.471 e. The van der Waals surface area contributed by atoms with Crippen LogP contribution in [0.4, 0.5) is 13.2 Å². The van der Waals surface area contributed by atoms with Crippen LogP contribution in [0.5, 0.6) is 0 Å². The molecule has 0 aromatic carbocycles. The smallest absolute Gasteiger partial charge is 0.329 e. The second-order valence-corrected chi connectivity index (χ2v) is 9.97. The lowest BCUT2D eigenvalue weighted by atomic mass is 9.96. The van der Waals surface area contributed by atoms with Crippen molar-refractivity contribution in [3.63, 3.8) is 0 Å². The van der Waals surface area contributed by atoms with Gasteiger partial charge in [-0.25, -0.2) is 9.19 Å². The number of amides is 1. The first kappa shape index (κ1) is 21.0. The third-order valence-corrected chi connectivity index (χ3v) is 5.15. The number of hydrogen-bond donors (Lipinski definition) is 0. The number of hydrogen-bond acceptors (Lipinski definition) is 6. The predicted octanol–water partition coefficient (Wildman–Crippen LogP) is 3.57. The number of aromatic nitrogens is 4. The Hall–Kier alpha value is -2.76. The Morgan fingerprint density at radius 3 is 2.55 bits per heavy atom. The summed E-state index contributed by atoms with van der Waals surface area (Å²) in [5, 5.41) is 3.34. The van der Waals surface area contributed by atoms with E-state index in [4.69, 9.17) is 0 Å². The number of carbonyl (C=O) groups is 1. The van der Waals surface area contributed by atoms with Crippen LogP contribution >= 0.6 is 0 Å². The number of imidazole rings is 1. The molecule has 1 atom stereocenters. The van der Waals surface area contributed by atoms with Gasteiger partial charge in [0.2, 0.25) is 5.82 Å². The second-order valence-electron chi connectivity index (χ2n) is 7.58. The number of fused-ring (bicyclic) bond motifs is 1. The summed E-state index contributed by atoms with van der Waals surface area (Å²) in [5.41, 5.74) is 0.336. The molecule has 0 radical (unpaired) electrons. The molecule has 3 rings (SSSR count). The molecule has 0 bridgehead atoms. The number of rotatable bonds is 3. The fraction of sp³-hybridized carbons (Fsp3) is 0.412. The molecule has 0 saturated heterocycles. The second kappa shape index (κ2) is 6.94. The molecule has 0 aliphatic rings. The van der Waals surface area contributed by atoms with Crippen LogP contribution in [0, 0.1) is 5.41 Å². The van der Waals surface area contributed by atoms with Crippen LogP contribution < -0.4 is 0 Å². The maximum atomic E-state index is 12.7. The van der Waals surface area contributed by atoms with Crippen LogP contribution in [-0.2, 0) is 26.5 Å². The number of alkyl halides is 3. The van der Waals surface area contributed by atoms with E-state index in [1.807, 2.05) is 0 Å². The van der Waals surface area contributed by atoms with Gasteiger partial charge in [-0.1, -0.05) is 25.9 Å². The molecule has 0 N–H and O–H groups in total. The summed E-state index contributed by atoms with van der Waals surface area (Å²) >= 11 is 0. The molecule has 12 heteroatoms. The first-order chi connectivity index (χ1) is 13.2. The van der Waals surface area contributed by atoms with E-state index in [9.17, 15) is 22.2 Å². The molecule has 3 aromatic rings. The molecule has 156 valence electrons. The topological polar surface area (TPSA) is 103 Å². The highest BCUT2D eigenvalue weighted by molar-refractivity contribution is 7.92. The van der Waals surface area contributed by atoms with E-state index < -0.39 is 33.1 Å². The number of halogens is 3. The Morgan fingerprint density at radius 2 is 1.97 bits per heavy atom. The van der Waals surface area contributed by atoms with Gasteiger partial charge < -0.3 is 8.92 Å². The minimum Gasteiger partial charge on any atom is -0.329 e. The van der Waals surface area contributed by atoms with E-state index >= 15 is 0 Å². The van der Waals surface area contributed by atoms with Crippen molar-refractivity contribution in [2.45, 2.75) is 32.7 Å². The van der Waals surface area contributed by atoms with Gasteiger partial charge in [0.25, 0.3) is 5.91 Å². The summed E-state index contributed by atoms with van der Waals surface area (Å²) in [6.07, 6.45) is -0.189. The lowest BCUT2D eigenvalue weighted by molar-refractivity contribution is -0.159. The molecule has 29 heavy (non-hydrogen) atoms. The molecule has 3 aromatic heterocycles. The van der Waals surface area contributed by atoms with Crippen LogP contribution in [-0.4, -0.2) is 35.9 Å². The molecule has 0 fully saturated rings. The first-order valence-corrected chi connectivity index (χ1v) is 10.5. The molecular formula is C17H18F3N5O3S. The molecular weight excluding hydrogens is 411 g/mol. The fourth-order valence-corrected chi connectivity index (χ4v) is 3.69. The Kier molecular flexibility index (Phi) is 5.01. The van der Waals surface area contributed by atoms with E-state index in [0.717, 1.165) is 0 Å². The SMILES string of the molecule is CC(C)(C)C(=O)N=S(C)(=O)Cc1cn2ccc(-c3noc(C(F)(F)F)n3)cc2n1. The Bertz CT molecular complexity index is 1200. The number of nitrogens with zero attached hydrogens (tertiary/aromatic N) is 5. The Morgan fingerprint density at radius 1 is 1.28 bits per heavy atom. The summed E-state index contributed by atoms with van der Waals surface area (Å²) in [7, 11) is -2.86. The average Bonchev–Trinajstić information content (AvgIpc) is 3.17. The third-order valence-electron chi connectivity index (χ3n) is 3.77. The summed E-state index contributed by atoms with van der Waals surface area (Å²) in [6, 6.07) is 2.98. The fourth-order valence-electron chi connectivity index (χ4n) is 2.32. The van der Waals surface area contributed by atoms with Gasteiger partial charge in [-0.15, -0.1) is 0 Å². The monoisotopic (exact) mass is 429 g/mol. The van der Waals surface area contributed by atoms with Gasteiger partial charge >= 0.3 is 12.1 Å². The van der Waals surface area contributed by atoms with Crippen LogP contribution in [0.15, 0.2) is 33.4 Å². The third kappa shape index (κ3) is 4.81. The zero-order valence-electron chi connectivity index (χ0n) is 16.0. The number of carbonyl (C=O) groups excluding carboxylic acids is 1. The Balaban J connectivity index is 1.90. The highest BCUT2D eigenvalue weighted by Crippen LogP contribution is 2.29. The van der Waals surface area contributed by atoms with E-state index in [-0.39, 0.29) is 17.1 Å². The molecule has 0 aliphatic heterocycles. The average molecular weight is 429 g/mol. The van der Waals surface area contributed by atoms with Crippen LogP contribution in [0.1, 0.15) is 32.4 Å². The van der Waals surface area contributed by atoms with Gasteiger partial charge in [0.1, 0.15) is 5.65 Å². The zero-order valence-corrected chi connectivity index (χ0v) is 16.8. The normalized spacial score (nSPS) is 14.7. The van der Waals surface area contributed by atoms with Gasteiger partial charge in [-0.3, -0.25) is 4.79 Å². The minimum absolute atomic E-state index is 0.0493. The summed E-state index contributed by atoms with van der Waals surface area (Å²) in [4.78, 5) is 19.7. The van der Waals surface area contributed by atoms with Gasteiger partial charge in [-0.05, 0) is 12.1 Å². The van der Waals surface area contributed by atoms with Crippen molar-refractivity contribution >= 4 is 21.3 Å². The summed E-state index contributed by atoms with van der Waals surface area (Å²) in [5.74, 6) is -2.18. The summed E-state index contributed by atoms with van der Waals surface area (Å²) < 4.78 is 60.2. The number of pyridine rings is 1. The van der Waals surface area contributed by atoms with Crippen molar-refractivity contribution in [1.29, 1.82) is 0 Å². The van der Waals surface area contributed by atoms with Gasteiger partial charge in [0.05, 0.1) is 21.2 Å². The van der Waals surface area contributed by atoms with Crippen molar-refractivity contribution < 1.29 is 26.7 Å². The van der Waals surface area contributed by atoms with Crippen molar-refractivity contribution in [1.82, 2.24) is 19.5 Å². The van der Waals surface area contributed by atoms with Crippen LogP contribution in [0.2, 0.25) is 0 Å². The van der Waals surface area contributed by atoms with Gasteiger partial charge in [0.15, 0.2) is 0 Å². The molecule has 0 saturated carbocycles. The van der Waals surface area contributed by atoms with Gasteiger partial charge in [-0.2, -0.15) is 22.5 Å². The predicted molar refractivity (Wildman–Crippen MR) is 98.1 cm³/mol. The first-order valence-electron chi connectivity index (χ1n) is 8.38. The summed E-state index contributed by atoms with van der Waals surface area (Å²) in [6.45, 7) is 5.05. The highest BCUT2D eigenvalue weighted by atomic mass is 32.2. The molecule has 8 nitrogen and oxygen atoms in total. The van der Waals surface area contributed by atoms with E-state index in [1.165, 1.54) is 18.4 Å². The molecule has 1 amide bonds. The van der Waals surface area contributed by atoms with Crippen molar-refractivity contribution in [3.05, 3.63) is 36.1 Å². The molecule has 3 heterocycles. The maximum absolute atomic E-state index is 12.7. The van der Waals surface area contributed by atoms with Crippen molar-refractivity contribution in [3.8, 4) is 11.4 Å². The molecule has 0 aliphatic carbocycles.